The fourth-order valence-corrected chi connectivity index (χ4v) is 1.37. The van der Waals surface area contributed by atoms with Crippen LogP contribution in [0.5, 0.6) is 0 Å². The highest BCUT2D eigenvalue weighted by atomic mass is 32.1. The summed E-state index contributed by atoms with van der Waals surface area (Å²) in [4.78, 5) is 11.5. The zero-order valence-corrected chi connectivity index (χ0v) is 11.6. The predicted octanol–water partition coefficient (Wildman–Crippen LogP) is 1.09. The molecule has 0 unspecified atom stereocenters. The lowest BCUT2D eigenvalue weighted by Crippen LogP contribution is -2.48. The molecule has 0 saturated carbocycles. The van der Waals surface area contributed by atoms with Crippen LogP contribution in [0.2, 0.25) is 0 Å². The lowest BCUT2D eigenvalue weighted by atomic mass is 10.2. The van der Waals surface area contributed by atoms with Crippen molar-refractivity contribution >= 4 is 28.9 Å². The first-order valence-electron chi connectivity index (χ1n) is 5.86. The Morgan fingerprint density at radius 2 is 2.00 bits per heavy atom. The summed E-state index contributed by atoms with van der Waals surface area (Å²) in [5, 5.41) is 6.19. The van der Waals surface area contributed by atoms with E-state index in [0.29, 0.717) is 11.7 Å². The van der Waals surface area contributed by atoms with E-state index in [0.717, 1.165) is 5.69 Å². The predicted molar refractivity (Wildman–Crippen MR) is 81.7 cm³/mol. The van der Waals surface area contributed by atoms with Gasteiger partial charge in [-0.05, 0) is 31.3 Å². The lowest BCUT2D eigenvalue weighted by molar-refractivity contribution is -0.119. The second-order valence-electron chi connectivity index (χ2n) is 3.89. The molecule has 1 aromatic carbocycles. The van der Waals surface area contributed by atoms with Crippen molar-refractivity contribution in [3.8, 4) is 0 Å². The van der Waals surface area contributed by atoms with E-state index in [1.54, 1.807) is 6.08 Å². The molecule has 102 valence electrons. The van der Waals surface area contributed by atoms with Gasteiger partial charge >= 0.3 is 0 Å². The Morgan fingerprint density at radius 1 is 1.32 bits per heavy atom. The fraction of sp³-hybridized carbons (Fsp3) is 0.231. The SMILES string of the molecule is C=CCNC(=S)NNC(=O)CNc1ccc(C)cc1. The van der Waals surface area contributed by atoms with E-state index in [-0.39, 0.29) is 12.5 Å². The van der Waals surface area contributed by atoms with Gasteiger partial charge in [0.25, 0.3) is 5.91 Å². The molecule has 0 aromatic heterocycles. The third kappa shape index (κ3) is 6.42. The summed E-state index contributed by atoms with van der Waals surface area (Å²) >= 11 is 4.92. The van der Waals surface area contributed by atoms with Gasteiger partial charge in [0, 0.05) is 12.2 Å². The molecule has 0 radical (unpaired) electrons. The third-order valence-electron chi connectivity index (χ3n) is 2.23. The van der Waals surface area contributed by atoms with Crippen LogP contribution >= 0.6 is 12.2 Å². The Morgan fingerprint density at radius 3 is 2.63 bits per heavy atom. The van der Waals surface area contributed by atoms with Crippen molar-refractivity contribution in [2.24, 2.45) is 0 Å². The van der Waals surface area contributed by atoms with Crippen molar-refractivity contribution in [2.75, 3.05) is 18.4 Å². The van der Waals surface area contributed by atoms with Crippen LogP contribution in [-0.2, 0) is 4.79 Å². The molecule has 0 heterocycles. The van der Waals surface area contributed by atoms with Crippen LogP contribution in [0.4, 0.5) is 5.69 Å². The molecule has 0 aliphatic heterocycles. The standard InChI is InChI=1S/C13H18N4OS/c1-3-8-14-13(19)17-16-12(18)9-15-11-6-4-10(2)5-7-11/h3-7,15H,1,8-9H2,2H3,(H,16,18)(H2,14,17,19). The molecule has 0 atom stereocenters. The molecule has 1 aromatic rings. The molecule has 0 aliphatic carbocycles. The number of benzene rings is 1. The average Bonchev–Trinajstić information content (AvgIpc) is 2.42. The van der Waals surface area contributed by atoms with Gasteiger partial charge in [0.1, 0.15) is 0 Å². The van der Waals surface area contributed by atoms with Crippen molar-refractivity contribution in [3.63, 3.8) is 0 Å². The molecule has 6 heteroatoms. The summed E-state index contributed by atoms with van der Waals surface area (Å²) < 4.78 is 0. The van der Waals surface area contributed by atoms with Gasteiger partial charge in [-0.2, -0.15) is 0 Å². The number of rotatable bonds is 5. The lowest BCUT2D eigenvalue weighted by Gasteiger charge is -2.11. The van der Waals surface area contributed by atoms with Gasteiger partial charge < -0.3 is 10.6 Å². The normalized spacial score (nSPS) is 9.32. The zero-order valence-electron chi connectivity index (χ0n) is 10.8. The summed E-state index contributed by atoms with van der Waals surface area (Å²) in [5.41, 5.74) is 7.15. The number of anilines is 1. The average molecular weight is 278 g/mol. The number of amides is 1. The van der Waals surface area contributed by atoms with Gasteiger partial charge in [0.2, 0.25) is 0 Å². The van der Waals surface area contributed by atoms with Crippen LogP contribution in [0.3, 0.4) is 0 Å². The van der Waals surface area contributed by atoms with Gasteiger partial charge in [-0.3, -0.25) is 15.6 Å². The van der Waals surface area contributed by atoms with E-state index < -0.39 is 0 Å². The second kappa shape index (κ2) is 8.10. The van der Waals surface area contributed by atoms with Crippen molar-refractivity contribution in [3.05, 3.63) is 42.5 Å². The first-order valence-corrected chi connectivity index (χ1v) is 6.27. The van der Waals surface area contributed by atoms with Crippen LogP contribution in [0.25, 0.3) is 0 Å². The first kappa shape index (κ1) is 15.0. The van der Waals surface area contributed by atoms with Gasteiger partial charge in [0.15, 0.2) is 5.11 Å². The molecule has 0 aliphatic rings. The molecule has 19 heavy (non-hydrogen) atoms. The van der Waals surface area contributed by atoms with Crippen molar-refractivity contribution in [1.29, 1.82) is 0 Å². The molecule has 0 spiro atoms. The van der Waals surface area contributed by atoms with Crippen LogP contribution < -0.4 is 21.5 Å². The van der Waals surface area contributed by atoms with Crippen LogP contribution in [0, 0.1) is 6.92 Å². The summed E-state index contributed by atoms with van der Waals surface area (Å²) in [6, 6.07) is 7.80. The Balaban J connectivity index is 2.22. The number of carbonyl (C=O) groups is 1. The van der Waals surface area contributed by atoms with Crippen LogP contribution in [0.1, 0.15) is 5.56 Å². The largest absolute Gasteiger partial charge is 0.376 e. The highest BCUT2D eigenvalue weighted by molar-refractivity contribution is 7.80. The molecule has 5 nitrogen and oxygen atoms in total. The van der Waals surface area contributed by atoms with E-state index in [9.17, 15) is 4.79 Å². The smallest absolute Gasteiger partial charge is 0.257 e. The van der Waals surface area contributed by atoms with E-state index in [1.165, 1.54) is 5.56 Å². The number of thiocarbonyl (C=S) groups is 1. The summed E-state index contributed by atoms with van der Waals surface area (Å²) in [6.07, 6.45) is 1.68. The molecular weight excluding hydrogens is 260 g/mol. The Kier molecular flexibility index (Phi) is 6.38. The first-order chi connectivity index (χ1) is 9.11. The van der Waals surface area contributed by atoms with E-state index in [2.05, 4.69) is 28.1 Å². The number of carbonyl (C=O) groups excluding carboxylic acids is 1. The molecule has 0 fully saturated rings. The van der Waals surface area contributed by atoms with E-state index >= 15 is 0 Å². The maximum absolute atomic E-state index is 11.5. The van der Waals surface area contributed by atoms with Gasteiger partial charge in [0.05, 0.1) is 6.54 Å². The number of hydrogen-bond acceptors (Lipinski definition) is 3. The van der Waals surface area contributed by atoms with Gasteiger partial charge in [-0.25, -0.2) is 0 Å². The summed E-state index contributed by atoms with van der Waals surface area (Å²) in [5.74, 6) is -0.205. The fourth-order valence-electron chi connectivity index (χ4n) is 1.23. The minimum absolute atomic E-state index is 0.167. The quantitative estimate of drug-likeness (QED) is 0.369. The third-order valence-corrected chi connectivity index (χ3v) is 2.47. The van der Waals surface area contributed by atoms with Crippen molar-refractivity contribution in [1.82, 2.24) is 16.2 Å². The molecular formula is C13H18N4OS. The van der Waals surface area contributed by atoms with Crippen molar-refractivity contribution in [2.45, 2.75) is 6.92 Å². The molecule has 4 N–H and O–H groups in total. The van der Waals surface area contributed by atoms with E-state index in [1.807, 2.05) is 31.2 Å². The number of hydrazine groups is 1. The number of aryl methyl sites for hydroxylation is 1. The number of nitrogens with one attached hydrogen (secondary N) is 4. The number of hydrogen-bond donors (Lipinski definition) is 4. The monoisotopic (exact) mass is 278 g/mol. The highest BCUT2D eigenvalue weighted by Gasteiger charge is 2.01. The second-order valence-corrected chi connectivity index (χ2v) is 4.30. The topological polar surface area (TPSA) is 65.2 Å². The Bertz CT molecular complexity index is 444. The van der Waals surface area contributed by atoms with E-state index in [4.69, 9.17) is 12.2 Å². The Labute approximate surface area is 118 Å². The molecule has 1 amide bonds. The van der Waals surface area contributed by atoms with Crippen LogP contribution in [0.15, 0.2) is 36.9 Å². The minimum atomic E-state index is -0.205. The highest BCUT2D eigenvalue weighted by Crippen LogP contribution is 2.07. The minimum Gasteiger partial charge on any atom is -0.376 e. The zero-order chi connectivity index (χ0) is 14.1. The maximum atomic E-state index is 11.5. The maximum Gasteiger partial charge on any atom is 0.257 e. The van der Waals surface area contributed by atoms with Crippen LogP contribution in [-0.4, -0.2) is 24.1 Å². The molecule has 0 saturated heterocycles. The molecule has 0 bridgehead atoms. The van der Waals surface area contributed by atoms with Gasteiger partial charge in [-0.1, -0.05) is 23.8 Å². The summed E-state index contributed by atoms with van der Waals surface area (Å²) in [6.45, 7) is 6.27. The van der Waals surface area contributed by atoms with Crippen molar-refractivity contribution < 1.29 is 4.79 Å². The summed E-state index contributed by atoms with van der Waals surface area (Å²) in [7, 11) is 0. The molecule has 1 rings (SSSR count). The Hall–Kier alpha value is -2.08. The van der Waals surface area contributed by atoms with Gasteiger partial charge in [-0.15, -0.1) is 6.58 Å².